The molecule has 9 heteroatoms. The number of nitrogens with zero attached hydrogens (tertiary/aromatic N) is 1. The Morgan fingerprint density at radius 3 is 2.61 bits per heavy atom. The van der Waals surface area contributed by atoms with Crippen LogP contribution in [-0.4, -0.2) is 52.1 Å². The second kappa shape index (κ2) is 8.68. The summed E-state index contributed by atoms with van der Waals surface area (Å²) in [7, 11) is -2.51. The van der Waals surface area contributed by atoms with Crippen LogP contribution in [0.15, 0.2) is 47.4 Å². The number of methoxy groups -OCH3 is 1. The summed E-state index contributed by atoms with van der Waals surface area (Å²) in [5.74, 6) is -1.02. The lowest BCUT2D eigenvalue weighted by Gasteiger charge is -2.26. The molecule has 0 spiro atoms. The first-order valence-electron chi connectivity index (χ1n) is 8.59. The molecule has 0 N–H and O–H groups in total. The summed E-state index contributed by atoms with van der Waals surface area (Å²) >= 11 is 0. The molecule has 3 rings (SSSR count). The van der Waals surface area contributed by atoms with Gasteiger partial charge in [0.25, 0.3) is 0 Å². The van der Waals surface area contributed by atoms with Crippen LogP contribution in [0.4, 0.5) is 4.39 Å². The molecule has 1 aliphatic heterocycles. The van der Waals surface area contributed by atoms with Crippen LogP contribution >= 0.6 is 0 Å². The highest BCUT2D eigenvalue weighted by atomic mass is 32.2. The van der Waals surface area contributed by atoms with E-state index in [2.05, 4.69) is 0 Å². The molecule has 28 heavy (non-hydrogen) atoms. The molecule has 0 saturated carbocycles. The van der Waals surface area contributed by atoms with Crippen molar-refractivity contribution in [3.63, 3.8) is 0 Å². The van der Waals surface area contributed by atoms with Gasteiger partial charge in [0, 0.05) is 13.1 Å². The zero-order valence-corrected chi connectivity index (χ0v) is 16.1. The van der Waals surface area contributed by atoms with Crippen molar-refractivity contribution in [3.8, 4) is 5.75 Å². The van der Waals surface area contributed by atoms with E-state index < -0.39 is 21.8 Å². The molecule has 0 aliphatic carbocycles. The summed E-state index contributed by atoms with van der Waals surface area (Å²) in [6.45, 7) is 0.918. The number of carbonyl (C=O) groups is 1. The highest BCUT2D eigenvalue weighted by Gasteiger charge is 2.30. The Hall–Kier alpha value is -2.49. The van der Waals surface area contributed by atoms with Crippen LogP contribution < -0.4 is 4.74 Å². The number of hydrogen-bond acceptors (Lipinski definition) is 6. The quantitative estimate of drug-likeness (QED) is 0.681. The van der Waals surface area contributed by atoms with Crippen LogP contribution in [0.25, 0.3) is 0 Å². The first kappa shape index (κ1) is 20.2. The zero-order valence-electron chi connectivity index (χ0n) is 15.3. The fourth-order valence-electron chi connectivity index (χ4n) is 2.79. The second-order valence-corrected chi connectivity index (χ2v) is 7.99. The summed E-state index contributed by atoms with van der Waals surface area (Å²) in [5, 5.41) is 0. The minimum atomic E-state index is -3.86. The third kappa shape index (κ3) is 4.49. The fraction of sp³-hybridized carbons (Fsp3) is 0.316. The molecule has 0 aromatic heterocycles. The normalized spacial score (nSPS) is 15.2. The number of esters is 1. The number of rotatable bonds is 6. The molecule has 0 bridgehead atoms. The number of benzene rings is 2. The second-order valence-electron chi connectivity index (χ2n) is 6.09. The molecule has 0 radical (unpaired) electrons. The highest BCUT2D eigenvalue weighted by molar-refractivity contribution is 7.89. The Morgan fingerprint density at radius 2 is 1.93 bits per heavy atom. The van der Waals surface area contributed by atoms with Crippen LogP contribution in [0.5, 0.6) is 5.75 Å². The number of hydrogen-bond donors (Lipinski definition) is 0. The van der Waals surface area contributed by atoms with Crippen LogP contribution in [-0.2, 0) is 26.1 Å². The molecule has 1 aliphatic rings. The molecule has 2 aromatic rings. The summed E-state index contributed by atoms with van der Waals surface area (Å²) in [6, 6.07) is 9.75. The van der Waals surface area contributed by atoms with Gasteiger partial charge in [0.15, 0.2) is 0 Å². The SMILES string of the molecule is COc1ccc(C(=O)OCc2cccc(F)c2)cc1S(=O)(=O)N1CCOCC1. The highest BCUT2D eigenvalue weighted by Crippen LogP contribution is 2.28. The van der Waals surface area contributed by atoms with Gasteiger partial charge >= 0.3 is 5.97 Å². The molecule has 1 fully saturated rings. The van der Waals surface area contributed by atoms with Crippen LogP contribution in [0, 0.1) is 5.82 Å². The number of ether oxygens (including phenoxy) is 3. The maximum Gasteiger partial charge on any atom is 0.338 e. The van der Waals surface area contributed by atoms with E-state index in [9.17, 15) is 17.6 Å². The number of sulfonamides is 1. The van der Waals surface area contributed by atoms with E-state index in [-0.39, 0.29) is 35.9 Å². The Kier molecular flexibility index (Phi) is 6.28. The average Bonchev–Trinajstić information content (AvgIpc) is 2.72. The van der Waals surface area contributed by atoms with E-state index in [1.165, 1.54) is 47.8 Å². The molecule has 7 nitrogen and oxygen atoms in total. The van der Waals surface area contributed by atoms with Crippen molar-refractivity contribution in [1.29, 1.82) is 0 Å². The summed E-state index contributed by atoms with van der Waals surface area (Å²) in [4.78, 5) is 12.3. The van der Waals surface area contributed by atoms with Gasteiger partial charge in [0.1, 0.15) is 23.1 Å². The zero-order chi connectivity index (χ0) is 20.1. The predicted octanol–water partition coefficient (Wildman–Crippen LogP) is 2.21. The van der Waals surface area contributed by atoms with E-state index >= 15 is 0 Å². The minimum Gasteiger partial charge on any atom is -0.495 e. The van der Waals surface area contributed by atoms with Crippen LogP contribution in [0.3, 0.4) is 0 Å². The molecular weight excluding hydrogens is 389 g/mol. The van der Waals surface area contributed by atoms with Crippen molar-refractivity contribution in [3.05, 3.63) is 59.4 Å². The molecule has 0 unspecified atom stereocenters. The van der Waals surface area contributed by atoms with Crippen LogP contribution in [0.2, 0.25) is 0 Å². The lowest BCUT2D eigenvalue weighted by Crippen LogP contribution is -2.40. The molecule has 0 amide bonds. The van der Waals surface area contributed by atoms with Crippen molar-refractivity contribution in [2.75, 3.05) is 33.4 Å². The van der Waals surface area contributed by atoms with Crippen molar-refractivity contribution < 1.29 is 31.8 Å². The lowest BCUT2D eigenvalue weighted by molar-refractivity contribution is 0.0472. The average molecular weight is 409 g/mol. The minimum absolute atomic E-state index is 0.0593. The fourth-order valence-corrected chi connectivity index (χ4v) is 4.38. The van der Waals surface area contributed by atoms with Crippen molar-refractivity contribution in [1.82, 2.24) is 4.31 Å². The predicted molar refractivity (Wildman–Crippen MR) is 98.1 cm³/mol. The maximum atomic E-state index is 13.2. The number of morpholine rings is 1. The molecule has 2 aromatic carbocycles. The first-order chi connectivity index (χ1) is 13.4. The molecule has 150 valence electrons. The monoisotopic (exact) mass is 409 g/mol. The van der Waals surface area contributed by atoms with E-state index in [4.69, 9.17) is 14.2 Å². The van der Waals surface area contributed by atoms with Gasteiger partial charge in [0.2, 0.25) is 10.0 Å². The van der Waals surface area contributed by atoms with E-state index in [1.54, 1.807) is 6.07 Å². The summed E-state index contributed by atoms with van der Waals surface area (Å²) in [6.07, 6.45) is 0. The smallest absolute Gasteiger partial charge is 0.338 e. The molecule has 1 heterocycles. The van der Waals surface area contributed by atoms with Crippen molar-refractivity contribution in [2.24, 2.45) is 0 Å². The lowest BCUT2D eigenvalue weighted by atomic mass is 10.2. The van der Waals surface area contributed by atoms with E-state index in [0.717, 1.165) is 0 Å². The van der Waals surface area contributed by atoms with Crippen molar-refractivity contribution >= 4 is 16.0 Å². The van der Waals surface area contributed by atoms with Gasteiger partial charge < -0.3 is 14.2 Å². The van der Waals surface area contributed by atoms with E-state index in [0.29, 0.717) is 18.8 Å². The third-order valence-corrected chi connectivity index (χ3v) is 6.17. The topological polar surface area (TPSA) is 82.1 Å². The Balaban J connectivity index is 1.82. The summed E-state index contributed by atoms with van der Waals surface area (Å²) < 4.78 is 56.0. The first-order valence-corrected chi connectivity index (χ1v) is 10.0. The van der Waals surface area contributed by atoms with Gasteiger partial charge in [-0.2, -0.15) is 4.31 Å². The van der Waals surface area contributed by atoms with Gasteiger partial charge in [-0.3, -0.25) is 0 Å². The van der Waals surface area contributed by atoms with Gasteiger partial charge in [-0.05, 0) is 35.9 Å². The van der Waals surface area contributed by atoms with Crippen LogP contribution in [0.1, 0.15) is 15.9 Å². The number of carbonyl (C=O) groups excluding carboxylic acids is 1. The Bertz CT molecular complexity index is 957. The van der Waals surface area contributed by atoms with Gasteiger partial charge in [-0.15, -0.1) is 0 Å². The van der Waals surface area contributed by atoms with Gasteiger partial charge in [-0.1, -0.05) is 12.1 Å². The van der Waals surface area contributed by atoms with Crippen molar-refractivity contribution in [2.45, 2.75) is 11.5 Å². The molecule has 1 saturated heterocycles. The Morgan fingerprint density at radius 1 is 1.18 bits per heavy atom. The van der Waals surface area contributed by atoms with E-state index in [1.807, 2.05) is 0 Å². The number of halogens is 1. The molecule has 0 atom stereocenters. The summed E-state index contributed by atoms with van der Waals surface area (Å²) in [5.41, 5.74) is 0.548. The maximum absolute atomic E-state index is 13.2. The van der Waals surface area contributed by atoms with Gasteiger partial charge in [-0.25, -0.2) is 17.6 Å². The largest absolute Gasteiger partial charge is 0.495 e. The standard InChI is InChI=1S/C19H20FNO6S/c1-25-17-6-5-15(19(22)27-13-14-3-2-4-16(20)11-14)12-18(17)28(23,24)21-7-9-26-10-8-21/h2-6,11-12H,7-10,13H2,1H3. The Labute approximate surface area is 162 Å². The molecular formula is C19H20FNO6S. The van der Waals surface area contributed by atoms with Gasteiger partial charge in [0.05, 0.1) is 25.9 Å². The third-order valence-electron chi connectivity index (χ3n) is 4.25.